The maximum atomic E-state index is 6.19. The van der Waals surface area contributed by atoms with Gasteiger partial charge in [0.25, 0.3) is 0 Å². The second-order valence-corrected chi connectivity index (χ2v) is 6.16. The molecule has 2 heterocycles. The fourth-order valence-corrected chi connectivity index (χ4v) is 3.36. The zero-order valence-electron chi connectivity index (χ0n) is 10.6. The van der Waals surface area contributed by atoms with Crippen LogP contribution in [0.15, 0.2) is 29.2 Å². The number of hydrogen-bond donors (Lipinski definition) is 0. The highest BCUT2D eigenvalue weighted by molar-refractivity contribution is 7.98. The topological polar surface area (TPSA) is 35.0 Å². The van der Waals surface area contributed by atoms with Crippen LogP contribution in [0.3, 0.4) is 0 Å². The van der Waals surface area contributed by atoms with Gasteiger partial charge in [-0.1, -0.05) is 35.3 Å². The quantitative estimate of drug-likeness (QED) is 0.627. The first kappa shape index (κ1) is 14.1. The largest absolute Gasteiger partial charge is 0.376 e. The van der Waals surface area contributed by atoms with Crippen LogP contribution >= 0.6 is 35.0 Å². The van der Waals surface area contributed by atoms with Crippen molar-refractivity contribution in [3.63, 3.8) is 0 Å². The van der Waals surface area contributed by atoms with E-state index in [4.69, 9.17) is 27.9 Å². The molecule has 0 radical (unpaired) electrons. The van der Waals surface area contributed by atoms with Crippen molar-refractivity contribution in [2.24, 2.45) is 0 Å². The monoisotopic (exact) mass is 326 g/mol. The average Bonchev–Trinajstić information content (AvgIpc) is 2.46. The summed E-state index contributed by atoms with van der Waals surface area (Å²) < 4.78 is 5.37. The van der Waals surface area contributed by atoms with Crippen molar-refractivity contribution in [1.82, 2.24) is 9.97 Å². The summed E-state index contributed by atoms with van der Waals surface area (Å²) in [5.41, 5.74) is 1.93. The Bertz CT molecular complexity index is 637. The Balaban J connectivity index is 1.78. The van der Waals surface area contributed by atoms with Gasteiger partial charge in [-0.3, -0.25) is 0 Å². The molecule has 0 aliphatic carbocycles. The molecule has 3 nitrogen and oxygen atoms in total. The second-order valence-electron chi connectivity index (χ2n) is 4.38. The highest BCUT2D eigenvalue weighted by atomic mass is 35.5. The number of rotatable bonds is 3. The lowest BCUT2D eigenvalue weighted by Gasteiger charge is -2.17. The van der Waals surface area contributed by atoms with Crippen molar-refractivity contribution in [2.45, 2.75) is 23.7 Å². The van der Waals surface area contributed by atoms with E-state index in [-0.39, 0.29) is 0 Å². The maximum absolute atomic E-state index is 6.19. The van der Waals surface area contributed by atoms with E-state index in [9.17, 15) is 0 Å². The molecule has 0 atom stereocenters. The first-order valence-corrected chi connectivity index (χ1v) is 7.97. The molecule has 2 aromatic rings. The number of ether oxygens (including phenoxy) is 1. The smallest absolute Gasteiger partial charge is 0.140 e. The molecule has 0 bridgehead atoms. The van der Waals surface area contributed by atoms with Gasteiger partial charge in [0.15, 0.2) is 0 Å². The Hall–Kier alpha value is -0.810. The van der Waals surface area contributed by atoms with Gasteiger partial charge in [-0.2, -0.15) is 0 Å². The Morgan fingerprint density at radius 3 is 2.90 bits per heavy atom. The number of halogens is 2. The minimum Gasteiger partial charge on any atom is -0.376 e. The van der Waals surface area contributed by atoms with Crippen LogP contribution in [0.5, 0.6) is 0 Å². The SMILES string of the molecule is Clc1ccccc1SCc1nc(Cl)c2c(n1)CCOC2. The van der Waals surface area contributed by atoms with Crippen molar-refractivity contribution in [2.75, 3.05) is 6.61 Å². The van der Waals surface area contributed by atoms with Gasteiger partial charge in [0.05, 0.1) is 29.7 Å². The van der Waals surface area contributed by atoms with Crippen molar-refractivity contribution in [1.29, 1.82) is 0 Å². The standard InChI is InChI=1S/C14H12Cl2N2OS/c15-10-3-1-2-4-12(10)20-8-13-17-11-5-6-19-7-9(11)14(16)18-13/h1-4H,5-8H2. The van der Waals surface area contributed by atoms with Gasteiger partial charge >= 0.3 is 0 Å². The second kappa shape index (κ2) is 6.31. The van der Waals surface area contributed by atoms with Crippen molar-refractivity contribution in [3.8, 4) is 0 Å². The number of aromatic nitrogens is 2. The molecule has 1 aromatic heterocycles. The first-order chi connectivity index (χ1) is 9.74. The lowest BCUT2D eigenvalue weighted by atomic mass is 10.1. The summed E-state index contributed by atoms with van der Waals surface area (Å²) in [6, 6.07) is 7.74. The molecule has 1 aromatic carbocycles. The van der Waals surface area contributed by atoms with E-state index in [0.717, 1.165) is 33.4 Å². The Morgan fingerprint density at radius 2 is 2.05 bits per heavy atom. The molecule has 0 unspecified atom stereocenters. The zero-order chi connectivity index (χ0) is 13.9. The summed E-state index contributed by atoms with van der Waals surface area (Å²) >= 11 is 13.9. The van der Waals surface area contributed by atoms with Gasteiger partial charge < -0.3 is 4.74 Å². The van der Waals surface area contributed by atoms with Gasteiger partial charge in [-0.25, -0.2) is 9.97 Å². The maximum Gasteiger partial charge on any atom is 0.140 e. The highest BCUT2D eigenvalue weighted by Gasteiger charge is 2.17. The molecule has 20 heavy (non-hydrogen) atoms. The Morgan fingerprint density at radius 1 is 1.20 bits per heavy atom. The van der Waals surface area contributed by atoms with Crippen LogP contribution in [-0.2, 0) is 23.5 Å². The molecular formula is C14H12Cl2N2OS. The fraction of sp³-hybridized carbons (Fsp3) is 0.286. The van der Waals surface area contributed by atoms with Crippen LogP contribution in [0.4, 0.5) is 0 Å². The van der Waals surface area contributed by atoms with Gasteiger partial charge in [-0.05, 0) is 12.1 Å². The minimum absolute atomic E-state index is 0.504. The first-order valence-electron chi connectivity index (χ1n) is 6.23. The summed E-state index contributed by atoms with van der Waals surface area (Å²) in [6.07, 6.45) is 0.793. The van der Waals surface area contributed by atoms with Gasteiger partial charge in [0, 0.05) is 16.9 Å². The molecule has 0 fully saturated rings. The Kier molecular flexibility index (Phi) is 4.46. The van der Waals surface area contributed by atoms with Crippen LogP contribution in [-0.4, -0.2) is 16.6 Å². The summed E-state index contributed by atoms with van der Waals surface area (Å²) in [6.45, 7) is 1.20. The molecule has 1 aliphatic rings. The van der Waals surface area contributed by atoms with Gasteiger partial charge in [0.1, 0.15) is 11.0 Å². The molecule has 0 saturated carbocycles. The van der Waals surface area contributed by atoms with E-state index in [1.165, 1.54) is 0 Å². The third-order valence-corrected chi connectivity index (χ3v) is 4.84. The molecule has 3 rings (SSSR count). The molecule has 0 N–H and O–H groups in total. The minimum atomic E-state index is 0.504. The van der Waals surface area contributed by atoms with Crippen LogP contribution in [0.1, 0.15) is 17.1 Å². The molecular weight excluding hydrogens is 315 g/mol. The van der Waals surface area contributed by atoms with Crippen LogP contribution < -0.4 is 0 Å². The van der Waals surface area contributed by atoms with Crippen molar-refractivity contribution in [3.05, 3.63) is 51.5 Å². The predicted octanol–water partition coefficient (Wildman–Crippen LogP) is 4.15. The van der Waals surface area contributed by atoms with E-state index in [0.29, 0.717) is 24.1 Å². The number of fused-ring (bicyclic) bond motifs is 1. The molecule has 104 valence electrons. The molecule has 1 aliphatic heterocycles. The molecule has 0 saturated heterocycles. The number of thioether (sulfide) groups is 1. The summed E-state index contributed by atoms with van der Waals surface area (Å²) in [4.78, 5) is 9.94. The van der Waals surface area contributed by atoms with Crippen molar-refractivity contribution >= 4 is 35.0 Å². The number of nitrogens with zero attached hydrogens (tertiary/aromatic N) is 2. The van der Waals surface area contributed by atoms with Crippen molar-refractivity contribution < 1.29 is 4.74 Å². The normalized spacial score (nSPS) is 14.1. The highest BCUT2D eigenvalue weighted by Crippen LogP contribution is 2.30. The third kappa shape index (κ3) is 3.09. The molecule has 6 heteroatoms. The van der Waals surface area contributed by atoms with E-state index in [1.807, 2.05) is 24.3 Å². The number of benzene rings is 1. The fourth-order valence-electron chi connectivity index (χ4n) is 2.01. The summed E-state index contributed by atoms with van der Waals surface area (Å²) in [5.74, 6) is 1.39. The van der Waals surface area contributed by atoms with Crippen LogP contribution in [0, 0.1) is 0 Å². The third-order valence-electron chi connectivity index (χ3n) is 3.01. The Labute approximate surface area is 131 Å². The van der Waals surface area contributed by atoms with E-state index in [2.05, 4.69) is 9.97 Å². The van der Waals surface area contributed by atoms with Gasteiger partial charge in [0.2, 0.25) is 0 Å². The molecule has 0 spiro atoms. The van der Waals surface area contributed by atoms with Gasteiger partial charge in [-0.15, -0.1) is 11.8 Å². The van der Waals surface area contributed by atoms with E-state index < -0.39 is 0 Å². The lowest BCUT2D eigenvalue weighted by Crippen LogP contribution is -2.14. The van der Waals surface area contributed by atoms with E-state index >= 15 is 0 Å². The van der Waals surface area contributed by atoms with Crippen LogP contribution in [0.25, 0.3) is 0 Å². The van der Waals surface area contributed by atoms with Crippen LogP contribution in [0.2, 0.25) is 10.2 Å². The lowest BCUT2D eigenvalue weighted by molar-refractivity contribution is 0.109. The zero-order valence-corrected chi connectivity index (χ0v) is 12.9. The summed E-state index contributed by atoms with van der Waals surface area (Å²) in [5, 5.41) is 1.25. The molecule has 0 amide bonds. The predicted molar refractivity (Wildman–Crippen MR) is 81.4 cm³/mol. The van der Waals surface area contributed by atoms with E-state index in [1.54, 1.807) is 11.8 Å². The number of hydrogen-bond acceptors (Lipinski definition) is 4. The summed E-state index contributed by atoms with van der Waals surface area (Å²) in [7, 11) is 0. The average molecular weight is 327 g/mol.